The van der Waals surface area contributed by atoms with E-state index in [2.05, 4.69) is 81.6 Å². The number of hydrogen-bond acceptors (Lipinski definition) is 10. The van der Waals surface area contributed by atoms with Crippen molar-refractivity contribution in [3.8, 4) is 0 Å². The van der Waals surface area contributed by atoms with Crippen LogP contribution in [0.5, 0.6) is 0 Å². The van der Waals surface area contributed by atoms with Crippen LogP contribution in [-0.4, -0.2) is 66.3 Å². The highest BCUT2D eigenvalue weighted by Crippen LogP contribution is 2.41. The summed E-state index contributed by atoms with van der Waals surface area (Å²) in [5, 5.41) is -0.159. The van der Waals surface area contributed by atoms with Crippen molar-refractivity contribution in [1.82, 2.24) is 0 Å². The summed E-state index contributed by atoms with van der Waals surface area (Å²) in [5.41, 5.74) is 1.76. The zero-order valence-corrected chi connectivity index (χ0v) is 36.0. The van der Waals surface area contributed by atoms with Crippen LogP contribution in [0.25, 0.3) is 0 Å². The van der Waals surface area contributed by atoms with E-state index >= 15 is 0 Å². The van der Waals surface area contributed by atoms with Crippen molar-refractivity contribution in [2.24, 2.45) is 0 Å². The molecule has 0 aromatic heterocycles. The normalized spacial score (nSPS) is 18.9. The van der Waals surface area contributed by atoms with Crippen molar-refractivity contribution in [2.45, 2.75) is 168 Å². The summed E-state index contributed by atoms with van der Waals surface area (Å²) in [6.07, 6.45) is 12.0. The second kappa shape index (κ2) is 20.0. The standard InChI is InChI=1S/C40H66O10Si2/c1-13-15-19-23-29-31(35(43)47-37(29)49-51(9,10)39(3,4)5)27-33(41)45-25-21-17-18-22-26-46-34(42)28-32-30(24-20-16-14-2)38(48-36(32)44)50-52(11,12)40(6,7)8/h19-20,23-24,37-38H,13-18,21-22,25-28H2,1-12H3/b23-19+,24-20+. The number of esters is 4. The molecule has 2 aliphatic rings. The zero-order chi connectivity index (χ0) is 39.3. The average molecular weight is 763 g/mol. The van der Waals surface area contributed by atoms with Gasteiger partial charge >= 0.3 is 23.9 Å². The fourth-order valence-electron chi connectivity index (χ4n) is 4.83. The lowest BCUT2D eigenvalue weighted by Gasteiger charge is -2.38. The third-order valence-corrected chi connectivity index (χ3v) is 19.1. The van der Waals surface area contributed by atoms with Gasteiger partial charge in [-0.05, 0) is 74.8 Å². The van der Waals surface area contributed by atoms with Crippen molar-refractivity contribution in [2.75, 3.05) is 13.2 Å². The van der Waals surface area contributed by atoms with Gasteiger partial charge in [-0.2, -0.15) is 0 Å². The van der Waals surface area contributed by atoms with Gasteiger partial charge in [0.25, 0.3) is 0 Å². The van der Waals surface area contributed by atoms with Gasteiger partial charge in [-0.15, -0.1) is 0 Å². The molecule has 2 aliphatic heterocycles. The molecule has 2 unspecified atom stereocenters. The molecule has 12 heteroatoms. The summed E-state index contributed by atoms with van der Waals surface area (Å²) < 4.78 is 35.0. The highest BCUT2D eigenvalue weighted by Gasteiger charge is 2.45. The molecule has 2 atom stereocenters. The lowest BCUT2D eigenvalue weighted by atomic mass is 10.1. The Balaban J connectivity index is 1.85. The predicted octanol–water partition coefficient (Wildman–Crippen LogP) is 9.53. The quantitative estimate of drug-likeness (QED) is 0.0483. The van der Waals surface area contributed by atoms with Crippen molar-refractivity contribution in [3.63, 3.8) is 0 Å². The third kappa shape index (κ3) is 13.6. The highest BCUT2D eigenvalue weighted by molar-refractivity contribution is 6.74. The van der Waals surface area contributed by atoms with E-state index in [4.69, 9.17) is 27.8 Å². The van der Waals surface area contributed by atoms with Crippen LogP contribution in [-0.2, 0) is 47.0 Å². The molecule has 0 bridgehead atoms. The molecule has 0 aromatic carbocycles. The van der Waals surface area contributed by atoms with E-state index < -0.39 is 53.1 Å². The minimum atomic E-state index is -2.26. The zero-order valence-electron chi connectivity index (χ0n) is 34.0. The van der Waals surface area contributed by atoms with Crippen LogP contribution in [0.2, 0.25) is 36.3 Å². The van der Waals surface area contributed by atoms with Gasteiger partial charge < -0.3 is 27.8 Å². The average Bonchev–Trinajstić information content (AvgIpc) is 3.46. The molecule has 0 radical (unpaired) electrons. The molecule has 0 N–H and O–H groups in total. The van der Waals surface area contributed by atoms with Crippen molar-refractivity contribution in [1.29, 1.82) is 0 Å². The summed E-state index contributed by atoms with van der Waals surface area (Å²) in [6, 6.07) is 0. The van der Waals surface area contributed by atoms with Crippen LogP contribution in [0.15, 0.2) is 46.6 Å². The Hall–Kier alpha value is -2.81. The maximum Gasteiger partial charge on any atom is 0.337 e. The lowest BCUT2D eigenvalue weighted by Crippen LogP contribution is -2.44. The molecular weight excluding hydrogens is 697 g/mol. The van der Waals surface area contributed by atoms with Crippen LogP contribution >= 0.6 is 0 Å². The van der Waals surface area contributed by atoms with Gasteiger partial charge in [0.05, 0.1) is 37.2 Å². The summed E-state index contributed by atoms with van der Waals surface area (Å²) in [5.74, 6) is -2.07. The SMILES string of the molecule is CCC/C=C/C1=C(CC(=O)OCCCCCCOC(=O)CC2=C(/C=C/CCC)C(O[Si](C)(C)C(C)(C)C)OC2=O)C(=O)OC1O[Si](C)(C)C(C)(C)C. The second-order valence-corrected chi connectivity index (χ2v) is 26.2. The monoisotopic (exact) mass is 762 g/mol. The first-order chi connectivity index (χ1) is 24.1. The fourth-order valence-corrected chi connectivity index (χ4v) is 6.96. The Morgan fingerprint density at radius 2 is 0.981 bits per heavy atom. The smallest absolute Gasteiger partial charge is 0.337 e. The topological polar surface area (TPSA) is 124 Å². The van der Waals surface area contributed by atoms with Crippen molar-refractivity contribution >= 4 is 40.5 Å². The number of allylic oxidation sites excluding steroid dienone is 2. The van der Waals surface area contributed by atoms with Gasteiger partial charge in [-0.1, -0.05) is 92.5 Å². The van der Waals surface area contributed by atoms with E-state index in [1.165, 1.54) is 0 Å². The third-order valence-electron chi connectivity index (χ3n) is 10.3. The van der Waals surface area contributed by atoms with E-state index in [-0.39, 0.29) is 47.3 Å². The second-order valence-electron chi connectivity index (χ2n) is 16.7. The van der Waals surface area contributed by atoms with Gasteiger partial charge in [0, 0.05) is 11.1 Å². The van der Waals surface area contributed by atoms with Gasteiger partial charge in [-0.3, -0.25) is 9.59 Å². The molecule has 2 rings (SSSR count). The molecule has 0 aromatic rings. The Bertz CT molecular complexity index is 1270. The summed E-state index contributed by atoms with van der Waals surface area (Å²) in [4.78, 5) is 51.2. The Morgan fingerprint density at radius 1 is 0.635 bits per heavy atom. The fraction of sp³-hybridized carbons (Fsp3) is 0.700. The van der Waals surface area contributed by atoms with E-state index in [1.807, 2.05) is 24.3 Å². The van der Waals surface area contributed by atoms with Crippen LogP contribution in [0.3, 0.4) is 0 Å². The van der Waals surface area contributed by atoms with Gasteiger partial charge in [0.1, 0.15) is 0 Å². The Kier molecular flexibility index (Phi) is 17.5. The molecule has 0 fully saturated rings. The first kappa shape index (κ1) is 45.4. The summed E-state index contributed by atoms with van der Waals surface area (Å²) >= 11 is 0. The number of unbranched alkanes of at least 4 members (excludes halogenated alkanes) is 5. The molecule has 2 heterocycles. The lowest BCUT2D eigenvalue weighted by molar-refractivity contribution is -0.152. The first-order valence-electron chi connectivity index (χ1n) is 19.0. The molecule has 294 valence electrons. The highest BCUT2D eigenvalue weighted by atomic mass is 28.4. The number of rotatable bonds is 21. The van der Waals surface area contributed by atoms with Crippen molar-refractivity contribution in [3.05, 3.63) is 46.6 Å². The number of cyclic esters (lactones) is 2. The molecule has 10 nitrogen and oxygen atoms in total. The molecule has 0 amide bonds. The largest absolute Gasteiger partial charge is 0.465 e. The molecular formula is C40H66O10Si2. The van der Waals surface area contributed by atoms with Gasteiger partial charge in [0.15, 0.2) is 16.6 Å². The van der Waals surface area contributed by atoms with Crippen LogP contribution < -0.4 is 0 Å². The number of carbonyl (C=O) groups is 4. The van der Waals surface area contributed by atoms with E-state index in [0.717, 1.165) is 38.5 Å². The maximum atomic E-state index is 12.8. The van der Waals surface area contributed by atoms with Crippen LogP contribution in [0.4, 0.5) is 0 Å². The summed E-state index contributed by atoms with van der Waals surface area (Å²) in [6.45, 7) is 25.7. The maximum absolute atomic E-state index is 12.8. The van der Waals surface area contributed by atoms with E-state index in [9.17, 15) is 19.2 Å². The molecule has 0 aliphatic carbocycles. The summed E-state index contributed by atoms with van der Waals surface area (Å²) in [7, 11) is -4.51. The number of ether oxygens (including phenoxy) is 4. The van der Waals surface area contributed by atoms with Crippen LogP contribution in [0.1, 0.15) is 120 Å². The molecule has 0 saturated heterocycles. The molecule has 0 spiro atoms. The van der Waals surface area contributed by atoms with E-state index in [0.29, 0.717) is 24.0 Å². The molecule has 0 saturated carbocycles. The minimum Gasteiger partial charge on any atom is -0.465 e. The van der Waals surface area contributed by atoms with Crippen molar-refractivity contribution < 1.29 is 47.0 Å². The van der Waals surface area contributed by atoms with E-state index in [1.54, 1.807) is 0 Å². The number of hydrogen-bond donors (Lipinski definition) is 0. The Morgan fingerprint density at radius 3 is 1.29 bits per heavy atom. The Labute approximate surface area is 315 Å². The first-order valence-corrected chi connectivity index (χ1v) is 24.8. The predicted molar refractivity (Wildman–Crippen MR) is 208 cm³/mol. The van der Waals surface area contributed by atoms with Gasteiger partial charge in [0.2, 0.25) is 12.6 Å². The molecule has 52 heavy (non-hydrogen) atoms. The van der Waals surface area contributed by atoms with Crippen LogP contribution in [0, 0.1) is 0 Å². The minimum absolute atomic E-state index is 0.0793. The van der Waals surface area contributed by atoms with Gasteiger partial charge in [-0.25, -0.2) is 9.59 Å². The number of carbonyl (C=O) groups excluding carboxylic acids is 4.